The fraction of sp³-hybridized carbons (Fsp3) is 0.235. The predicted octanol–water partition coefficient (Wildman–Crippen LogP) is 0.247. The first kappa shape index (κ1) is 18.6. The van der Waals surface area contributed by atoms with Gasteiger partial charge in [-0.2, -0.15) is 0 Å². The summed E-state index contributed by atoms with van der Waals surface area (Å²) in [6, 6.07) is 6.54. The second-order valence-electron chi connectivity index (χ2n) is 5.76. The number of benzene rings is 1. The molecule has 2 heterocycles. The van der Waals surface area contributed by atoms with Gasteiger partial charge in [0.1, 0.15) is 5.75 Å². The van der Waals surface area contributed by atoms with E-state index < -0.39 is 15.9 Å². The number of carbonyl (C=O) groups excluding carboxylic acids is 2. The van der Waals surface area contributed by atoms with Crippen molar-refractivity contribution in [2.75, 3.05) is 31.3 Å². The van der Waals surface area contributed by atoms with Gasteiger partial charge in [0.25, 0.3) is 21.8 Å². The molecule has 2 aliphatic rings. The number of fused-ring (bicyclic) bond motifs is 1. The van der Waals surface area contributed by atoms with E-state index in [-0.39, 0.29) is 36.2 Å². The Bertz CT molecular complexity index is 965. The monoisotopic (exact) mass is 390 g/mol. The molecule has 0 saturated carbocycles. The number of carbonyl (C=O) groups is 2. The van der Waals surface area contributed by atoms with Crippen molar-refractivity contribution in [3.8, 4) is 5.75 Å². The third-order valence-corrected chi connectivity index (χ3v) is 4.99. The Morgan fingerprint density at radius 1 is 1.33 bits per heavy atom. The molecular weight excluding hydrogens is 372 g/mol. The number of hydrogen-bond acceptors (Lipinski definition) is 6. The van der Waals surface area contributed by atoms with Crippen LogP contribution in [0.15, 0.2) is 52.6 Å². The SMILES string of the molecule is CNC(=O)COc1cccc(NC(=O)C2=CC=CN3CCS(=O)(=O)N=C23)c1. The minimum absolute atomic E-state index is 0.0968. The Morgan fingerprint density at radius 3 is 2.93 bits per heavy atom. The number of allylic oxidation sites excluding steroid dienone is 2. The maximum absolute atomic E-state index is 12.6. The van der Waals surface area contributed by atoms with Crippen LogP contribution in [0.5, 0.6) is 5.75 Å². The Labute approximate surface area is 156 Å². The summed E-state index contributed by atoms with van der Waals surface area (Å²) < 4.78 is 32.6. The molecule has 27 heavy (non-hydrogen) atoms. The van der Waals surface area contributed by atoms with Crippen LogP contribution in [-0.4, -0.2) is 56.9 Å². The topological polar surface area (TPSA) is 117 Å². The van der Waals surface area contributed by atoms with Gasteiger partial charge >= 0.3 is 0 Å². The van der Waals surface area contributed by atoms with Crippen LogP contribution >= 0.6 is 0 Å². The lowest BCUT2D eigenvalue weighted by Crippen LogP contribution is -2.40. The molecular formula is C17H18N4O5S. The van der Waals surface area contributed by atoms with Gasteiger partial charge in [0.05, 0.1) is 11.3 Å². The third-order valence-electron chi connectivity index (χ3n) is 3.84. The van der Waals surface area contributed by atoms with Crippen LogP contribution in [0.1, 0.15) is 0 Å². The normalized spacial score (nSPS) is 17.3. The number of sulfonamides is 1. The van der Waals surface area contributed by atoms with Crippen LogP contribution < -0.4 is 15.4 Å². The standard InChI is InChI=1S/C17H18N4O5S/c1-18-15(22)11-26-13-5-2-4-12(10-13)19-17(23)14-6-3-7-21-8-9-27(24,25)20-16(14)21/h2-7,10H,8-9,11H2,1H3,(H,18,22)(H,19,23). The number of amidine groups is 1. The Kier molecular flexibility index (Phi) is 5.26. The summed E-state index contributed by atoms with van der Waals surface area (Å²) in [6.07, 6.45) is 4.85. The highest BCUT2D eigenvalue weighted by atomic mass is 32.2. The molecule has 142 valence electrons. The molecule has 0 aliphatic carbocycles. The molecule has 0 spiro atoms. The molecule has 0 bridgehead atoms. The highest BCUT2D eigenvalue weighted by Gasteiger charge is 2.29. The van der Waals surface area contributed by atoms with Crippen LogP contribution in [-0.2, 0) is 19.6 Å². The molecule has 3 rings (SSSR count). The fourth-order valence-corrected chi connectivity index (χ4v) is 3.46. The molecule has 1 aromatic rings. The molecule has 2 amide bonds. The van der Waals surface area contributed by atoms with E-state index in [1.54, 1.807) is 41.4 Å². The molecule has 0 saturated heterocycles. The second-order valence-corrected chi connectivity index (χ2v) is 7.51. The first-order valence-electron chi connectivity index (χ1n) is 8.11. The number of likely N-dealkylation sites (N-methyl/N-ethyl adjacent to an activating group) is 1. The van der Waals surface area contributed by atoms with Gasteiger partial charge < -0.3 is 20.3 Å². The first-order chi connectivity index (χ1) is 12.9. The smallest absolute Gasteiger partial charge is 0.259 e. The molecule has 10 heteroatoms. The van der Waals surface area contributed by atoms with Crippen molar-refractivity contribution in [3.05, 3.63) is 48.2 Å². The Hall–Kier alpha value is -3.14. The zero-order valence-corrected chi connectivity index (χ0v) is 15.3. The first-order valence-corrected chi connectivity index (χ1v) is 9.72. The van der Waals surface area contributed by atoms with Gasteiger partial charge in [-0.15, -0.1) is 4.40 Å². The highest BCUT2D eigenvalue weighted by Crippen LogP contribution is 2.21. The van der Waals surface area contributed by atoms with Crippen molar-refractivity contribution in [2.24, 2.45) is 4.40 Å². The molecule has 0 aromatic heterocycles. The van der Waals surface area contributed by atoms with E-state index in [0.29, 0.717) is 11.4 Å². The van der Waals surface area contributed by atoms with Gasteiger partial charge in [0, 0.05) is 31.5 Å². The van der Waals surface area contributed by atoms with Gasteiger partial charge in [0.15, 0.2) is 12.4 Å². The van der Waals surface area contributed by atoms with E-state index in [0.717, 1.165) is 0 Å². The van der Waals surface area contributed by atoms with Gasteiger partial charge in [-0.3, -0.25) is 9.59 Å². The average Bonchev–Trinajstić information content (AvgIpc) is 2.65. The van der Waals surface area contributed by atoms with Crippen molar-refractivity contribution in [2.45, 2.75) is 0 Å². The zero-order valence-electron chi connectivity index (χ0n) is 14.5. The van der Waals surface area contributed by atoms with E-state index >= 15 is 0 Å². The zero-order chi connectivity index (χ0) is 19.4. The summed E-state index contributed by atoms with van der Waals surface area (Å²) in [6.45, 7) is 0.0958. The molecule has 9 nitrogen and oxygen atoms in total. The predicted molar refractivity (Wildman–Crippen MR) is 99.8 cm³/mol. The van der Waals surface area contributed by atoms with E-state index in [1.165, 1.54) is 13.1 Å². The summed E-state index contributed by atoms with van der Waals surface area (Å²) in [4.78, 5) is 25.5. The van der Waals surface area contributed by atoms with E-state index in [9.17, 15) is 18.0 Å². The van der Waals surface area contributed by atoms with Gasteiger partial charge in [0.2, 0.25) is 0 Å². The summed E-state index contributed by atoms with van der Waals surface area (Å²) in [5, 5.41) is 5.13. The highest BCUT2D eigenvalue weighted by molar-refractivity contribution is 7.90. The van der Waals surface area contributed by atoms with Gasteiger partial charge in [-0.1, -0.05) is 6.07 Å². The van der Waals surface area contributed by atoms with E-state index in [2.05, 4.69) is 15.0 Å². The summed E-state index contributed by atoms with van der Waals surface area (Å²) in [7, 11) is -2.08. The number of ether oxygens (including phenoxy) is 1. The van der Waals surface area contributed by atoms with Crippen LogP contribution in [0.2, 0.25) is 0 Å². The largest absolute Gasteiger partial charge is 0.484 e. The number of amides is 2. The summed E-state index contributed by atoms with van der Waals surface area (Å²) in [5.74, 6) is -0.356. The van der Waals surface area contributed by atoms with Crippen LogP contribution in [0.3, 0.4) is 0 Å². The second kappa shape index (κ2) is 7.62. The lowest BCUT2D eigenvalue weighted by Gasteiger charge is -2.28. The molecule has 0 fully saturated rings. The van der Waals surface area contributed by atoms with Gasteiger partial charge in [-0.25, -0.2) is 8.42 Å². The van der Waals surface area contributed by atoms with Crippen LogP contribution in [0, 0.1) is 0 Å². The summed E-state index contributed by atoms with van der Waals surface area (Å²) in [5.41, 5.74) is 0.591. The minimum Gasteiger partial charge on any atom is -0.484 e. The third kappa shape index (κ3) is 4.53. The van der Waals surface area contributed by atoms with Crippen molar-refractivity contribution < 1.29 is 22.7 Å². The number of anilines is 1. The average molecular weight is 390 g/mol. The van der Waals surface area contributed by atoms with Crippen molar-refractivity contribution in [1.82, 2.24) is 10.2 Å². The number of nitrogens with zero attached hydrogens (tertiary/aromatic N) is 2. The van der Waals surface area contributed by atoms with Gasteiger partial charge in [-0.05, 0) is 24.3 Å². The number of nitrogens with one attached hydrogen (secondary N) is 2. The molecule has 2 aliphatic heterocycles. The minimum atomic E-state index is -3.58. The fourth-order valence-electron chi connectivity index (χ4n) is 2.48. The quantitative estimate of drug-likeness (QED) is 0.744. The van der Waals surface area contributed by atoms with Crippen molar-refractivity contribution in [1.29, 1.82) is 0 Å². The van der Waals surface area contributed by atoms with E-state index in [4.69, 9.17) is 4.74 Å². The number of hydrogen-bond donors (Lipinski definition) is 2. The number of rotatable bonds is 5. The lowest BCUT2D eigenvalue weighted by molar-refractivity contribution is -0.122. The molecule has 0 unspecified atom stereocenters. The van der Waals surface area contributed by atoms with Crippen molar-refractivity contribution in [3.63, 3.8) is 0 Å². The Morgan fingerprint density at radius 2 is 2.15 bits per heavy atom. The summed E-state index contributed by atoms with van der Waals surface area (Å²) >= 11 is 0. The van der Waals surface area contributed by atoms with Crippen LogP contribution in [0.4, 0.5) is 5.69 Å². The van der Waals surface area contributed by atoms with Crippen LogP contribution in [0.25, 0.3) is 0 Å². The maximum atomic E-state index is 12.6. The Balaban J connectivity index is 1.75. The lowest BCUT2D eigenvalue weighted by atomic mass is 10.1. The molecule has 0 atom stereocenters. The maximum Gasteiger partial charge on any atom is 0.259 e. The van der Waals surface area contributed by atoms with E-state index in [1.807, 2.05) is 0 Å². The molecule has 0 radical (unpaired) electrons. The van der Waals surface area contributed by atoms with Crippen molar-refractivity contribution >= 4 is 33.4 Å². The molecule has 1 aromatic carbocycles. The molecule has 2 N–H and O–H groups in total.